The van der Waals surface area contributed by atoms with Gasteiger partial charge >= 0.3 is 0 Å². The van der Waals surface area contributed by atoms with Crippen LogP contribution in [0.1, 0.15) is 15.9 Å². The lowest BCUT2D eigenvalue weighted by atomic mass is 10.2. The molecule has 0 atom stereocenters. The summed E-state index contributed by atoms with van der Waals surface area (Å²) in [5, 5.41) is 3.42. The first-order valence-corrected chi connectivity index (χ1v) is 8.16. The van der Waals surface area contributed by atoms with E-state index < -0.39 is 0 Å². The van der Waals surface area contributed by atoms with Gasteiger partial charge in [0.25, 0.3) is 5.91 Å². The molecule has 0 spiro atoms. The zero-order valence-electron chi connectivity index (χ0n) is 11.2. The number of nitrogens with one attached hydrogen (secondary N) is 1. The molecule has 0 saturated heterocycles. The summed E-state index contributed by atoms with van der Waals surface area (Å²) in [6.45, 7) is 2.04. The Balaban J connectivity index is 1.87. The fraction of sp³-hybridized carbons (Fsp3) is 0.0667. The number of nitrogen functional groups attached to an aromatic ring is 1. The quantitative estimate of drug-likeness (QED) is 0.628. The van der Waals surface area contributed by atoms with Gasteiger partial charge in [-0.25, -0.2) is 4.98 Å². The molecule has 0 unspecified atom stereocenters. The number of anilines is 2. The molecule has 1 aromatic heterocycles. The highest BCUT2D eigenvalue weighted by atomic mass is 127. The Kier molecular flexibility index (Phi) is 3.81. The van der Waals surface area contributed by atoms with E-state index >= 15 is 0 Å². The fourth-order valence-corrected chi connectivity index (χ4v) is 3.25. The molecule has 2 aromatic carbocycles. The summed E-state index contributed by atoms with van der Waals surface area (Å²) in [5.74, 6) is -0.136. The van der Waals surface area contributed by atoms with E-state index in [0.717, 1.165) is 19.5 Å². The van der Waals surface area contributed by atoms with Crippen molar-refractivity contribution in [1.29, 1.82) is 0 Å². The van der Waals surface area contributed by atoms with Crippen molar-refractivity contribution in [2.24, 2.45) is 0 Å². The molecule has 0 fully saturated rings. The van der Waals surface area contributed by atoms with Gasteiger partial charge in [-0.05, 0) is 65.4 Å². The number of carbonyl (C=O) groups is 1. The molecule has 106 valence electrons. The highest BCUT2D eigenvalue weighted by Crippen LogP contribution is 2.25. The number of rotatable bonds is 2. The summed E-state index contributed by atoms with van der Waals surface area (Å²) in [6, 6.07) is 11.2. The van der Waals surface area contributed by atoms with E-state index in [9.17, 15) is 4.79 Å². The molecule has 4 nitrogen and oxygen atoms in total. The number of fused-ring (bicyclic) bond motifs is 1. The second kappa shape index (κ2) is 5.61. The average molecular weight is 409 g/mol. The van der Waals surface area contributed by atoms with Crippen LogP contribution < -0.4 is 11.1 Å². The highest BCUT2D eigenvalue weighted by Gasteiger charge is 2.09. The first kappa shape index (κ1) is 14.3. The van der Waals surface area contributed by atoms with Crippen LogP contribution in [0.4, 0.5) is 10.8 Å². The Morgan fingerprint density at radius 3 is 2.86 bits per heavy atom. The van der Waals surface area contributed by atoms with Crippen LogP contribution in [0.25, 0.3) is 10.2 Å². The van der Waals surface area contributed by atoms with Crippen LogP contribution in [-0.2, 0) is 0 Å². The van der Waals surface area contributed by atoms with E-state index in [-0.39, 0.29) is 5.91 Å². The van der Waals surface area contributed by atoms with Gasteiger partial charge in [-0.15, -0.1) is 0 Å². The minimum absolute atomic E-state index is 0.136. The van der Waals surface area contributed by atoms with E-state index in [2.05, 4.69) is 32.9 Å². The van der Waals surface area contributed by atoms with Gasteiger partial charge in [0, 0.05) is 14.8 Å². The van der Waals surface area contributed by atoms with E-state index in [4.69, 9.17) is 5.73 Å². The molecule has 1 amide bonds. The van der Waals surface area contributed by atoms with Gasteiger partial charge in [0.15, 0.2) is 5.13 Å². The standard InChI is InChI=1S/C15H12IN3OS/c1-8-2-4-10(7-11(8)16)18-14(20)9-3-5-12-13(6-9)21-15(17)19-12/h2-7H,1H3,(H2,17,19)(H,18,20). The molecule has 3 rings (SSSR count). The predicted octanol–water partition coefficient (Wildman–Crippen LogP) is 4.04. The summed E-state index contributed by atoms with van der Waals surface area (Å²) in [7, 11) is 0. The van der Waals surface area contributed by atoms with Crippen molar-refractivity contribution in [1.82, 2.24) is 4.98 Å². The molecule has 21 heavy (non-hydrogen) atoms. The molecule has 3 aromatic rings. The fourth-order valence-electron chi connectivity index (χ4n) is 1.96. The minimum atomic E-state index is -0.136. The van der Waals surface area contributed by atoms with Gasteiger partial charge < -0.3 is 11.1 Å². The van der Waals surface area contributed by atoms with Crippen molar-refractivity contribution in [3.63, 3.8) is 0 Å². The molecule has 0 aliphatic heterocycles. The Morgan fingerprint density at radius 1 is 1.29 bits per heavy atom. The summed E-state index contributed by atoms with van der Waals surface area (Å²) in [6.07, 6.45) is 0. The van der Waals surface area contributed by atoms with Crippen molar-refractivity contribution >= 4 is 60.9 Å². The molecule has 0 radical (unpaired) electrons. The number of benzene rings is 2. The molecule has 0 bridgehead atoms. The van der Waals surface area contributed by atoms with Crippen LogP contribution in [0.3, 0.4) is 0 Å². The number of thiazole rings is 1. The normalized spacial score (nSPS) is 10.8. The maximum Gasteiger partial charge on any atom is 0.255 e. The Labute approximate surface area is 139 Å². The van der Waals surface area contributed by atoms with Crippen molar-refractivity contribution in [3.8, 4) is 0 Å². The van der Waals surface area contributed by atoms with Crippen LogP contribution in [0.5, 0.6) is 0 Å². The van der Waals surface area contributed by atoms with Gasteiger partial charge in [-0.3, -0.25) is 4.79 Å². The summed E-state index contributed by atoms with van der Waals surface area (Å²) in [5.41, 5.74) is 9.08. The Bertz CT molecular complexity index is 844. The molecule has 0 aliphatic rings. The van der Waals surface area contributed by atoms with Crippen LogP contribution >= 0.6 is 33.9 Å². The number of nitrogens with zero attached hydrogens (tertiary/aromatic N) is 1. The Hall–Kier alpha value is -1.67. The van der Waals surface area contributed by atoms with E-state index in [1.807, 2.05) is 37.3 Å². The molecule has 1 heterocycles. The highest BCUT2D eigenvalue weighted by molar-refractivity contribution is 14.1. The van der Waals surface area contributed by atoms with Crippen molar-refractivity contribution in [2.45, 2.75) is 6.92 Å². The number of aromatic nitrogens is 1. The first-order valence-electron chi connectivity index (χ1n) is 6.26. The number of hydrogen-bond donors (Lipinski definition) is 2. The lowest BCUT2D eigenvalue weighted by Gasteiger charge is -2.07. The third-order valence-corrected chi connectivity index (χ3v) is 5.11. The topological polar surface area (TPSA) is 68.0 Å². The number of carbonyl (C=O) groups excluding carboxylic acids is 1. The Morgan fingerprint density at radius 2 is 2.10 bits per heavy atom. The zero-order chi connectivity index (χ0) is 15.0. The number of hydrogen-bond acceptors (Lipinski definition) is 4. The van der Waals surface area contributed by atoms with E-state index in [1.165, 1.54) is 16.9 Å². The number of nitrogens with two attached hydrogens (primary N) is 1. The van der Waals surface area contributed by atoms with Gasteiger partial charge in [0.2, 0.25) is 0 Å². The van der Waals surface area contributed by atoms with E-state index in [0.29, 0.717) is 10.7 Å². The second-order valence-electron chi connectivity index (χ2n) is 4.65. The summed E-state index contributed by atoms with van der Waals surface area (Å²) >= 11 is 3.63. The van der Waals surface area contributed by atoms with Crippen LogP contribution in [0.15, 0.2) is 36.4 Å². The molecule has 3 N–H and O–H groups in total. The molecule has 0 saturated carbocycles. The lowest BCUT2D eigenvalue weighted by Crippen LogP contribution is -2.11. The van der Waals surface area contributed by atoms with Gasteiger partial charge in [-0.2, -0.15) is 0 Å². The number of halogens is 1. The van der Waals surface area contributed by atoms with E-state index in [1.54, 1.807) is 6.07 Å². The van der Waals surface area contributed by atoms with Crippen molar-refractivity contribution in [2.75, 3.05) is 11.1 Å². The van der Waals surface area contributed by atoms with Gasteiger partial charge in [-0.1, -0.05) is 17.4 Å². The molecular weight excluding hydrogens is 397 g/mol. The lowest BCUT2D eigenvalue weighted by molar-refractivity contribution is 0.102. The molecular formula is C15H12IN3OS. The maximum absolute atomic E-state index is 12.3. The monoisotopic (exact) mass is 409 g/mol. The maximum atomic E-state index is 12.3. The first-order chi connectivity index (χ1) is 10.0. The van der Waals surface area contributed by atoms with Crippen LogP contribution in [-0.4, -0.2) is 10.9 Å². The summed E-state index contributed by atoms with van der Waals surface area (Å²) in [4.78, 5) is 16.5. The molecule has 6 heteroatoms. The number of amides is 1. The van der Waals surface area contributed by atoms with Crippen molar-refractivity contribution < 1.29 is 4.79 Å². The predicted molar refractivity (Wildman–Crippen MR) is 95.9 cm³/mol. The second-order valence-corrected chi connectivity index (χ2v) is 6.88. The zero-order valence-corrected chi connectivity index (χ0v) is 14.2. The largest absolute Gasteiger partial charge is 0.375 e. The van der Waals surface area contributed by atoms with Gasteiger partial charge in [0.05, 0.1) is 10.2 Å². The molecule has 0 aliphatic carbocycles. The SMILES string of the molecule is Cc1ccc(NC(=O)c2ccc3nc(N)sc3c2)cc1I. The average Bonchev–Trinajstić information content (AvgIpc) is 2.82. The smallest absolute Gasteiger partial charge is 0.255 e. The third kappa shape index (κ3) is 3.01. The van der Waals surface area contributed by atoms with Crippen molar-refractivity contribution in [3.05, 3.63) is 51.1 Å². The van der Waals surface area contributed by atoms with Gasteiger partial charge in [0.1, 0.15) is 0 Å². The number of aryl methyl sites for hydroxylation is 1. The van der Waals surface area contributed by atoms with Crippen LogP contribution in [0, 0.1) is 10.5 Å². The minimum Gasteiger partial charge on any atom is -0.375 e. The summed E-state index contributed by atoms with van der Waals surface area (Å²) < 4.78 is 2.04. The third-order valence-electron chi connectivity index (χ3n) is 3.10. The van der Waals surface area contributed by atoms with Crippen LogP contribution in [0.2, 0.25) is 0 Å².